The van der Waals surface area contributed by atoms with Crippen LogP contribution in [0.5, 0.6) is 0 Å². The molecule has 2 fully saturated rings. The van der Waals surface area contributed by atoms with Crippen LogP contribution in [-0.2, 0) is 0 Å². The van der Waals surface area contributed by atoms with Gasteiger partial charge in [0.2, 0.25) is 0 Å². The van der Waals surface area contributed by atoms with Crippen molar-refractivity contribution in [1.82, 2.24) is 9.97 Å². The largest absolute Gasteiger partial charge is 0.389 e. The summed E-state index contributed by atoms with van der Waals surface area (Å²) in [6.07, 6.45) is 8.91. The second-order valence-corrected chi connectivity index (χ2v) is 5.71. The van der Waals surface area contributed by atoms with Gasteiger partial charge in [-0.25, -0.2) is 4.98 Å². The van der Waals surface area contributed by atoms with Gasteiger partial charge >= 0.3 is 0 Å². The highest BCUT2D eigenvalue weighted by molar-refractivity contribution is 5.43. The molecule has 2 aliphatic rings. The molecule has 0 bridgehead atoms. The first kappa shape index (κ1) is 11.9. The normalized spacial score (nSPS) is 32.1. The van der Waals surface area contributed by atoms with Crippen LogP contribution in [0.15, 0.2) is 12.4 Å². The molecule has 1 N–H and O–H groups in total. The van der Waals surface area contributed by atoms with Gasteiger partial charge in [-0.3, -0.25) is 4.98 Å². The van der Waals surface area contributed by atoms with Crippen molar-refractivity contribution in [3.8, 4) is 0 Å². The molecule has 1 aromatic rings. The highest BCUT2D eigenvalue weighted by Crippen LogP contribution is 2.40. The minimum absolute atomic E-state index is 0.404. The third-order valence-electron chi connectivity index (χ3n) is 4.58. The van der Waals surface area contributed by atoms with E-state index < -0.39 is 5.60 Å². The fourth-order valence-electron chi connectivity index (χ4n) is 3.47. The summed E-state index contributed by atoms with van der Waals surface area (Å²) in [4.78, 5) is 11.1. The van der Waals surface area contributed by atoms with Crippen molar-refractivity contribution in [3.63, 3.8) is 0 Å². The summed E-state index contributed by atoms with van der Waals surface area (Å²) in [6.45, 7) is 3.83. The van der Waals surface area contributed by atoms with Gasteiger partial charge in [-0.1, -0.05) is 12.8 Å². The van der Waals surface area contributed by atoms with E-state index in [0.29, 0.717) is 5.92 Å². The van der Waals surface area contributed by atoms with Crippen molar-refractivity contribution >= 4 is 5.82 Å². The highest BCUT2D eigenvalue weighted by Gasteiger charge is 2.43. The lowest BCUT2D eigenvalue weighted by atomic mass is 9.71. The first-order valence-electron chi connectivity index (χ1n) is 6.94. The van der Waals surface area contributed by atoms with E-state index >= 15 is 0 Å². The molecule has 2 heterocycles. The maximum Gasteiger partial charge on any atom is 0.150 e. The van der Waals surface area contributed by atoms with Gasteiger partial charge in [0.15, 0.2) is 0 Å². The van der Waals surface area contributed by atoms with Crippen molar-refractivity contribution in [1.29, 1.82) is 0 Å². The zero-order chi connectivity index (χ0) is 12.6. The van der Waals surface area contributed by atoms with Gasteiger partial charge in [0.1, 0.15) is 5.82 Å². The minimum atomic E-state index is -0.412. The molecule has 18 heavy (non-hydrogen) atoms. The number of piperidine rings is 1. The standard InChI is InChI=1S/C14H21N3O/c1-11-13(16-8-7-15-11)17-9-6-14(18)5-3-2-4-12(14)10-17/h7-8,12,18H,2-6,9-10H2,1H3. The number of aryl methyl sites for hydroxylation is 1. The fraction of sp³-hybridized carbons (Fsp3) is 0.714. The molecule has 1 aliphatic heterocycles. The topological polar surface area (TPSA) is 49.2 Å². The fourth-order valence-corrected chi connectivity index (χ4v) is 3.47. The molecule has 0 aromatic carbocycles. The summed E-state index contributed by atoms with van der Waals surface area (Å²) in [7, 11) is 0. The van der Waals surface area contributed by atoms with Gasteiger partial charge in [-0.05, 0) is 26.2 Å². The first-order valence-corrected chi connectivity index (χ1v) is 6.94. The Hall–Kier alpha value is -1.16. The van der Waals surface area contributed by atoms with Gasteiger partial charge in [-0.2, -0.15) is 0 Å². The third-order valence-corrected chi connectivity index (χ3v) is 4.58. The number of hydrogen-bond acceptors (Lipinski definition) is 4. The molecule has 1 aliphatic carbocycles. The Balaban J connectivity index is 1.80. The molecule has 2 unspecified atom stereocenters. The smallest absolute Gasteiger partial charge is 0.150 e. The van der Waals surface area contributed by atoms with E-state index in [1.54, 1.807) is 12.4 Å². The summed E-state index contributed by atoms with van der Waals surface area (Å²) in [6, 6.07) is 0. The molecule has 0 spiro atoms. The molecule has 1 saturated carbocycles. The quantitative estimate of drug-likeness (QED) is 0.823. The maximum atomic E-state index is 10.7. The Morgan fingerprint density at radius 2 is 2.11 bits per heavy atom. The second kappa shape index (κ2) is 4.50. The van der Waals surface area contributed by atoms with Gasteiger partial charge in [0, 0.05) is 31.4 Å². The average Bonchev–Trinajstić information content (AvgIpc) is 2.38. The Morgan fingerprint density at radius 3 is 2.94 bits per heavy atom. The maximum absolute atomic E-state index is 10.7. The minimum Gasteiger partial charge on any atom is -0.389 e. The van der Waals surface area contributed by atoms with Crippen LogP contribution in [0, 0.1) is 12.8 Å². The lowest BCUT2D eigenvalue weighted by Gasteiger charge is -2.47. The van der Waals surface area contributed by atoms with Crippen LogP contribution in [0.4, 0.5) is 5.82 Å². The summed E-state index contributed by atoms with van der Waals surface area (Å²) in [5.41, 5.74) is 0.573. The van der Waals surface area contributed by atoms with E-state index in [9.17, 15) is 5.11 Å². The van der Waals surface area contributed by atoms with Gasteiger partial charge in [-0.15, -0.1) is 0 Å². The van der Waals surface area contributed by atoms with E-state index in [1.807, 2.05) is 6.92 Å². The Labute approximate surface area is 108 Å². The second-order valence-electron chi connectivity index (χ2n) is 5.71. The van der Waals surface area contributed by atoms with Crippen LogP contribution >= 0.6 is 0 Å². The van der Waals surface area contributed by atoms with E-state index in [-0.39, 0.29) is 0 Å². The van der Waals surface area contributed by atoms with Crippen molar-refractivity contribution in [2.45, 2.75) is 44.6 Å². The molecule has 0 radical (unpaired) electrons. The number of anilines is 1. The lowest BCUT2D eigenvalue weighted by molar-refractivity contribution is -0.0613. The Morgan fingerprint density at radius 1 is 1.28 bits per heavy atom. The van der Waals surface area contributed by atoms with E-state index in [4.69, 9.17) is 0 Å². The highest BCUT2D eigenvalue weighted by atomic mass is 16.3. The van der Waals surface area contributed by atoms with E-state index in [1.165, 1.54) is 12.8 Å². The number of aliphatic hydroxyl groups is 1. The predicted molar refractivity (Wildman–Crippen MR) is 70.5 cm³/mol. The first-order chi connectivity index (χ1) is 8.69. The number of nitrogens with zero attached hydrogens (tertiary/aromatic N) is 3. The molecule has 1 saturated heterocycles. The predicted octanol–water partition coefficient (Wildman–Crippen LogP) is 1.92. The number of fused-ring (bicyclic) bond motifs is 1. The SMILES string of the molecule is Cc1nccnc1N1CCC2(O)CCCCC2C1. The summed E-state index contributed by atoms with van der Waals surface area (Å²) >= 11 is 0. The average molecular weight is 247 g/mol. The van der Waals surface area contributed by atoms with E-state index in [2.05, 4.69) is 14.9 Å². The lowest BCUT2D eigenvalue weighted by Crippen LogP contribution is -2.53. The number of aromatic nitrogens is 2. The van der Waals surface area contributed by atoms with Gasteiger partial charge < -0.3 is 10.0 Å². The molecular formula is C14H21N3O. The Kier molecular flexibility index (Phi) is 2.98. The summed E-state index contributed by atoms with van der Waals surface area (Å²) in [5.74, 6) is 1.39. The summed E-state index contributed by atoms with van der Waals surface area (Å²) in [5, 5.41) is 10.7. The van der Waals surface area contributed by atoms with Crippen molar-refractivity contribution in [3.05, 3.63) is 18.1 Å². The van der Waals surface area contributed by atoms with Crippen LogP contribution in [0.2, 0.25) is 0 Å². The van der Waals surface area contributed by atoms with Gasteiger partial charge in [0.25, 0.3) is 0 Å². The van der Waals surface area contributed by atoms with Crippen LogP contribution in [0.1, 0.15) is 37.8 Å². The van der Waals surface area contributed by atoms with Crippen LogP contribution in [0.3, 0.4) is 0 Å². The molecular weight excluding hydrogens is 226 g/mol. The summed E-state index contributed by atoms with van der Waals surface area (Å²) < 4.78 is 0. The van der Waals surface area contributed by atoms with Crippen LogP contribution in [-0.4, -0.2) is 33.8 Å². The van der Waals surface area contributed by atoms with Crippen molar-refractivity contribution in [2.75, 3.05) is 18.0 Å². The van der Waals surface area contributed by atoms with E-state index in [0.717, 1.165) is 43.9 Å². The van der Waals surface area contributed by atoms with Gasteiger partial charge in [0.05, 0.1) is 11.3 Å². The molecule has 98 valence electrons. The Bertz CT molecular complexity index is 437. The van der Waals surface area contributed by atoms with Crippen LogP contribution < -0.4 is 4.90 Å². The zero-order valence-electron chi connectivity index (χ0n) is 11.0. The van der Waals surface area contributed by atoms with Crippen molar-refractivity contribution < 1.29 is 5.11 Å². The zero-order valence-corrected chi connectivity index (χ0v) is 11.0. The molecule has 1 aromatic heterocycles. The molecule has 2 atom stereocenters. The molecule has 4 nitrogen and oxygen atoms in total. The molecule has 3 rings (SSSR count). The monoisotopic (exact) mass is 247 g/mol. The van der Waals surface area contributed by atoms with Crippen LogP contribution in [0.25, 0.3) is 0 Å². The number of rotatable bonds is 1. The third kappa shape index (κ3) is 1.99. The molecule has 0 amide bonds. The van der Waals surface area contributed by atoms with Crippen molar-refractivity contribution in [2.24, 2.45) is 5.92 Å². The molecule has 4 heteroatoms. The number of hydrogen-bond donors (Lipinski definition) is 1.